The lowest BCUT2D eigenvalue weighted by Crippen LogP contribution is -2.18. The van der Waals surface area contributed by atoms with Gasteiger partial charge in [-0.15, -0.1) is 0 Å². The number of fused-ring (bicyclic) bond motifs is 1. The number of Topliss-reactive ketones (excluding diaryl/α,β-unsaturated/α-hetero) is 1. The molecule has 0 saturated heterocycles. The number of phenols is 2. The summed E-state index contributed by atoms with van der Waals surface area (Å²) < 4.78 is 0. The Bertz CT molecular complexity index is 554. The van der Waals surface area contributed by atoms with Crippen LogP contribution in [0.1, 0.15) is 20.7 Å². The summed E-state index contributed by atoms with van der Waals surface area (Å²) in [4.78, 5) is 33.7. The van der Waals surface area contributed by atoms with E-state index in [1.807, 2.05) is 0 Å². The number of carbonyl (C=O) groups excluding carboxylic acids is 3. The van der Waals surface area contributed by atoms with Crippen LogP contribution in [-0.4, -0.2) is 28.1 Å². The minimum absolute atomic E-state index is 0.243. The van der Waals surface area contributed by atoms with Gasteiger partial charge in [-0.3, -0.25) is 14.4 Å². The zero-order valence-corrected chi connectivity index (χ0v) is 7.93. The molecule has 2 N–H and O–H groups in total. The molecule has 0 aromatic heterocycles. The molecule has 1 aromatic rings. The van der Waals surface area contributed by atoms with Crippen molar-refractivity contribution in [1.82, 2.24) is 0 Å². The Morgan fingerprint density at radius 3 is 2.12 bits per heavy atom. The molecule has 0 bridgehead atoms. The number of hydrogen-bond donors (Lipinski definition) is 2. The van der Waals surface area contributed by atoms with Crippen molar-refractivity contribution in [2.75, 3.05) is 0 Å². The van der Waals surface area contributed by atoms with Crippen molar-refractivity contribution in [3.8, 4) is 11.5 Å². The van der Waals surface area contributed by atoms with Crippen LogP contribution in [0, 0.1) is 0 Å². The summed E-state index contributed by atoms with van der Waals surface area (Å²) in [5.41, 5.74) is -0.927. The molecule has 2 rings (SSSR count). The van der Waals surface area contributed by atoms with Gasteiger partial charge >= 0.3 is 0 Å². The van der Waals surface area contributed by atoms with Gasteiger partial charge in [0.25, 0.3) is 0 Å². The standard InChI is InChI=1S/C11H6O5/c12-4-5-3-8(15)9-6(13)1-2-7(14)10(9)11(5)16/h1-4,13-14H. The van der Waals surface area contributed by atoms with Crippen LogP contribution in [0.4, 0.5) is 0 Å². The molecule has 1 aliphatic rings. The topological polar surface area (TPSA) is 91.7 Å². The molecule has 0 fully saturated rings. The number of phenolic OH excluding ortho intramolecular Hbond substituents is 2. The Balaban J connectivity index is 2.80. The van der Waals surface area contributed by atoms with E-state index in [0.29, 0.717) is 0 Å². The van der Waals surface area contributed by atoms with Crippen LogP contribution in [0.3, 0.4) is 0 Å². The molecule has 0 spiro atoms. The SMILES string of the molecule is O=CC1=CC(=O)c2c(O)ccc(O)c2C1=O. The van der Waals surface area contributed by atoms with E-state index in [1.54, 1.807) is 0 Å². The van der Waals surface area contributed by atoms with E-state index >= 15 is 0 Å². The summed E-state index contributed by atoms with van der Waals surface area (Å²) in [5, 5.41) is 18.9. The van der Waals surface area contributed by atoms with Crippen molar-refractivity contribution in [3.05, 3.63) is 34.9 Å². The summed E-state index contributed by atoms with van der Waals surface area (Å²) in [5.74, 6) is -2.27. The largest absolute Gasteiger partial charge is 0.507 e. The van der Waals surface area contributed by atoms with E-state index in [4.69, 9.17) is 0 Å². The van der Waals surface area contributed by atoms with Crippen molar-refractivity contribution in [3.63, 3.8) is 0 Å². The molecular weight excluding hydrogens is 212 g/mol. The maximum Gasteiger partial charge on any atom is 0.201 e. The number of rotatable bonds is 1. The van der Waals surface area contributed by atoms with Crippen molar-refractivity contribution in [1.29, 1.82) is 0 Å². The summed E-state index contributed by atoms with van der Waals surface area (Å²) in [6, 6.07) is 2.20. The fourth-order valence-electron chi connectivity index (χ4n) is 1.57. The zero-order valence-electron chi connectivity index (χ0n) is 7.93. The number of aromatic hydroxyl groups is 2. The second-order valence-electron chi connectivity index (χ2n) is 3.26. The maximum atomic E-state index is 11.6. The minimum atomic E-state index is -0.766. The normalized spacial score (nSPS) is 14.4. The molecule has 80 valence electrons. The minimum Gasteiger partial charge on any atom is -0.507 e. The Kier molecular flexibility index (Phi) is 2.09. The number of hydrogen-bond acceptors (Lipinski definition) is 5. The molecule has 16 heavy (non-hydrogen) atoms. The molecule has 0 heterocycles. The number of ketones is 2. The van der Waals surface area contributed by atoms with Gasteiger partial charge in [0.1, 0.15) is 11.5 Å². The van der Waals surface area contributed by atoms with Crippen molar-refractivity contribution in [2.45, 2.75) is 0 Å². The third-order valence-corrected chi connectivity index (χ3v) is 2.31. The highest BCUT2D eigenvalue weighted by atomic mass is 16.3. The van der Waals surface area contributed by atoms with Gasteiger partial charge < -0.3 is 10.2 Å². The summed E-state index contributed by atoms with van der Waals surface area (Å²) in [7, 11) is 0. The second kappa shape index (κ2) is 3.30. The van der Waals surface area contributed by atoms with E-state index in [2.05, 4.69) is 0 Å². The first-order valence-electron chi connectivity index (χ1n) is 4.37. The summed E-state index contributed by atoms with van der Waals surface area (Å²) in [6.45, 7) is 0. The fraction of sp³-hybridized carbons (Fsp3) is 0. The molecule has 0 unspecified atom stereocenters. The Hall–Kier alpha value is -2.43. The monoisotopic (exact) mass is 218 g/mol. The zero-order chi connectivity index (χ0) is 11.9. The molecule has 0 atom stereocenters. The number of benzene rings is 1. The smallest absolute Gasteiger partial charge is 0.201 e. The average Bonchev–Trinajstić information content (AvgIpc) is 2.26. The molecule has 0 saturated carbocycles. The van der Waals surface area contributed by atoms with Gasteiger partial charge in [-0.05, 0) is 12.1 Å². The van der Waals surface area contributed by atoms with Crippen LogP contribution in [0.2, 0.25) is 0 Å². The molecule has 1 aromatic carbocycles. The third-order valence-electron chi connectivity index (χ3n) is 2.31. The van der Waals surface area contributed by atoms with Crippen molar-refractivity contribution >= 4 is 17.9 Å². The highest BCUT2D eigenvalue weighted by Gasteiger charge is 2.30. The van der Waals surface area contributed by atoms with Gasteiger partial charge in [-0.2, -0.15) is 0 Å². The van der Waals surface area contributed by atoms with Gasteiger partial charge in [-0.25, -0.2) is 0 Å². The van der Waals surface area contributed by atoms with Crippen LogP contribution in [0.5, 0.6) is 11.5 Å². The second-order valence-corrected chi connectivity index (χ2v) is 3.26. The van der Waals surface area contributed by atoms with E-state index in [-0.39, 0.29) is 23.0 Å². The summed E-state index contributed by atoms with van der Waals surface area (Å²) >= 11 is 0. The predicted molar refractivity (Wildman–Crippen MR) is 52.6 cm³/mol. The van der Waals surface area contributed by atoms with E-state index in [1.165, 1.54) is 0 Å². The van der Waals surface area contributed by atoms with Crippen LogP contribution in [-0.2, 0) is 4.79 Å². The van der Waals surface area contributed by atoms with Crippen LogP contribution < -0.4 is 0 Å². The molecule has 5 heteroatoms. The fourth-order valence-corrected chi connectivity index (χ4v) is 1.57. The van der Waals surface area contributed by atoms with Gasteiger partial charge in [0, 0.05) is 6.08 Å². The van der Waals surface area contributed by atoms with Crippen molar-refractivity contribution < 1.29 is 24.6 Å². The lowest BCUT2D eigenvalue weighted by Gasteiger charge is -2.14. The average molecular weight is 218 g/mol. The Morgan fingerprint density at radius 2 is 1.56 bits per heavy atom. The molecule has 1 aliphatic carbocycles. The lowest BCUT2D eigenvalue weighted by molar-refractivity contribution is -0.104. The molecular formula is C11H6O5. The number of allylic oxidation sites excluding steroid dienone is 2. The Labute approximate surface area is 89.6 Å². The number of aldehydes is 1. The lowest BCUT2D eigenvalue weighted by atomic mass is 9.89. The van der Waals surface area contributed by atoms with Gasteiger partial charge in [0.15, 0.2) is 12.1 Å². The highest BCUT2D eigenvalue weighted by molar-refractivity contribution is 6.32. The van der Waals surface area contributed by atoms with Crippen molar-refractivity contribution in [2.24, 2.45) is 0 Å². The van der Waals surface area contributed by atoms with Crippen LogP contribution in [0.25, 0.3) is 0 Å². The maximum absolute atomic E-state index is 11.6. The van der Waals surface area contributed by atoms with E-state index < -0.39 is 23.1 Å². The first kappa shape index (κ1) is 10.1. The quantitative estimate of drug-likeness (QED) is 0.409. The number of carbonyl (C=O) groups is 3. The van der Waals surface area contributed by atoms with Gasteiger partial charge in [0.2, 0.25) is 5.78 Å². The third kappa shape index (κ3) is 1.22. The molecule has 0 aliphatic heterocycles. The molecule has 0 amide bonds. The van der Waals surface area contributed by atoms with Gasteiger partial charge in [-0.1, -0.05) is 0 Å². The predicted octanol–water partition coefficient (Wildman–Crippen LogP) is 0.602. The molecule has 0 radical (unpaired) electrons. The first-order valence-corrected chi connectivity index (χ1v) is 4.37. The highest BCUT2D eigenvalue weighted by Crippen LogP contribution is 2.33. The van der Waals surface area contributed by atoms with Gasteiger partial charge in [0.05, 0.1) is 16.7 Å². The molecule has 5 nitrogen and oxygen atoms in total. The van der Waals surface area contributed by atoms with E-state index in [0.717, 1.165) is 18.2 Å². The summed E-state index contributed by atoms with van der Waals surface area (Å²) in [6.07, 6.45) is 1.09. The van der Waals surface area contributed by atoms with Crippen LogP contribution >= 0.6 is 0 Å². The first-order chi connectivity index (χ1) is 7.56. The van der Waals surface area contributed by atoms with E-state index in [9.17, 15) is 24.6 Å². The Morgan fingerprint density at radius 1 is 1.00 bits per heavy atom. The van der Waals surface area contributed by atoms with Crippen LogP contribution in [0.15, 0.2) is 23.8 Å².